The summed E-state index contributed by atoms with van der Waals surface area (Å²) in [6, 6.07) is 0.173. The highest BCUT2D eigenvalue weighted by Crippen LogP contribution is 2.10. The summed E-state index contributed by atoms with van der Waals surface area (Å²) in [7, 11) is 0. The Morgan fingerprint density at radius 2 is 1.92 bits per heavy atom. The van der Waals surface area contributed by atoms with Crippen molar-refractivity contribution in [1.29, 1.82) is 0 Å². The molecule has 1 heterocycles. The van der Waals surface area contributed by atoms with Crippen LogP contribution in [-0.4, -0.2) is 31.5 Å². The number of ether oxygens (including phenoxy) is 2. The lowest BCUT2D eigenvalue weighted by Gasteiger charge is -2.26. The van der Waals surface area contributed by atoms with Crippen LogP contribution in [0.4, 0.5) is 0 Å². The van der Waals surface area contributed by atoms with E-state index in [1.165, 1.54) is 0 Å². The fourth-order valence-electron chi connectivity index (χ4n) is 1.15. The number of hydrogen-bond acceptors (Lipinski definition) is 3. The Morgan fingerprint density at radius 1 is 1.38 bits per heavy atom. The van der Waals surface area contributed by atoms with Gasteiger partial charge in [-0.05, 0) is 20.8 Å². The molecule has 0 atom stereocenters. The summed E-state index contributed by atoms with van der Waals surface area (Å²) in [4.78, 5) is 11.4. The van der Waals surface area contributed by atoms with E-state index in [0.29, 0.717) is 13.2 Å². The highest BCUT2D eigenvalue weighted by molar-refractivity contribution is 5.79. The van der Waals surface area contributed by atoms with Crippen LogP contribution >= 0.6 is 0 Å². The smallest absolute Gasteiger partial charge is 0.227 e. The van der Waals surface area contributed by atoms with Crippen LogP contribution in [0.15, 0.2) is 0 Å². The molecule has 0 spiro atoms. The fraction of sp³-hybridized carbons (Fsp3) is 0.889. The molecule has 0 saturated carbocycles. The molecule has 1 fully saturated rings. The van der Waals surface area contributed by atoms with E-state index in [1.807, 2.05) is 20.8 Å². The Kier molecular flexibility index (Phi) is 3.69. The monoisotopic (exact) mass is 187 g/mol. The van der Waals surface area contributed by atoms with Gasteiger partial charge in [0.15, 0.2) is 6.29 Å². The SMILES string of the molecule is CC(C)NC(=O)C1COC(C)OC1. The van der Waals surface area contributed by atoms with Crippen molar-refractivity contribution in [2.45, 2.75) is 33.1 Å². The van der Waals surface area contributed by atoms with Crippen molar-refractivity contribution in [3.05, 3.63) is 0 Å². The minimum atomic E-state index is -0.178. The molecule has 1 saturated heterocycles. The van der Waals surface area contributed by atoms with Gasteiger partial charge in [-0.15, -0.1) is 0 Å². The van der Waals surface area contributed by atoms with Crippen LogP contribution in [0, 0.1) is 5.92 Å². The number of hydrogen-bond donors (Lipinski definition) is 1. The summed E-state index contributed by atoms with van der Waals surface area (Å²) >= 11 is 0. The normalized spacial score (nSPS) is 28.9. The first-order valence-corrected chi connectivity index (χ1v) is 4.63. The van der Waals surface area contributed by atoms with Gasteiger partial charge in [0.2, 0.25) is 5.91 Å². The third-order valence-corrected chi connectivity index (χ3v) is 1.87. The maximum Gasteiger partial charge on any atom is 0.227 e. The second-order valence-electron chi connectivity index (χ2n) is 3.59. The molecule has 4 nitrogen and oxygen atoms in total. The maximum atomic E-state index is 11.4. The predicted molar refractivity (Wildman–Crippen MR) is 48.1 cm³/mol. The number of carbonyl (C=O) groups is 1. The second kappa shape index (κ2) is 4.58. The number of rotatable bonds is 2. The zero-order valence-electron chi connectivity index (χ0n) is 8.37. The van der Waals surface area contributed by atoms with Gasteiger partial charge in [-0.3, -0.25) is 4.79 Å². The highest BCUT2D eigenvalue weighted by Gasteiger charge is 2.25. The Balaban J connectivity index is 2.31. The van der Waals surface area contributed by atoms with Crippen molar-refractivity contribution in [2.75, 3.05) is 13.2 Å². The summed E-state index contributed by atoms with van der Waals surface area (Å²) in [6.07, 6.45) is -0.178. The van der Waals surface area contributed by atoms with E-state index in [0.717, 1.165) is 0 Å². The lowest BCUT2D eigenvalue weighted by Crippen LogP contribution is -2.43. The average molecular weight is 187 g/mol. The standard InChI is InChI=1S/C9H17NO3/c1-6(2)10-9(11)8-4-12-7(3)13-5-8/h6-8H,4-5H2,1-3H3,(H,10,11). The summed E-state index contributed by atoms with van der Waals surface area (Å²) in [5, 5.41) is 2.83. The van der Waals surface area contributed by atoms with Gasteiger partial charge in [0.25, 0.3) is 0 Å². The molecule has 4 heteroatoms. The molecule has 1 N–H and O–H groups in total. The van der Waals surface area contributed by atoms with E-state index in [2.05, 4.69) is 5.32 Å². The quantitative estimate of drug-likeness (QED) is 0.685. The Labute approximate surface area is 78.6 Å². The molecule has 1 aliphatic heterocycles. The molecule has 13 heavy (non-hydrogen) atoms. The minimum Gasteiger partial charge on any atom is -0.354 e. The molecule has 0 unspecified atom stereocenters. The van der Waals surface area contributed by atoms with Gasteiger partial charge < -0.3 is 14.8 Å². The molecule has 0 radical (unpaired) electrons. The van der Waals surface area contributed by atoms with Crippen LogP contribution in [-0.2, 0) is 14.3 Å². The zero-order chi connectivity index (χ0) is 9.84. The van der Waals surface area contributed by atoms with Gasteiger partial charge in [0.1, 0.15) is 0 Å². The molecule has 1 rings (SSSR count). The molecule has 0 aromatic heterocycles. The van der Waals surface area contributed by atoms with E-state index < -0.39 is 0 Å². The van der Waals surface area contributed by atoms with Crippen molar-refractivity contribution in [3.63, 3.8) is 0 Å². The number of carbonyl (C=O) groups excluding carboxylic acids is 1. The molecule has 1 amide bonds. The summed E-state index contributed by atoms with van der Waals surface area (Å²) in [5.74, 6) is -0.138. The number of nitrogens with one attached hydrogen (secondary N) is 1. The second-order valence-corrected chi connectivity index (χ2v) is 3.59. The van der Waals surface area contributed by atoms with Gasteiger partial charge in [-0.25, -0.2) is 0 Å². The minimum absolute atomic E-state index is 0.0156. The highest BCUT2D eigenvalue weighted by atomic mass is 16.7. The summed E-state index contributed by atoms with van der Waals surface area (Å²) in [6.45, 7) is 6.62. The lowest BCUT2D eigenvalue weighted by atomic mass is 10.1. The first-order chi connectivity index (χ1) is 6.09. The van der Waals surface area contributed by atoms with Crippen molar-refractivity contribution in [2.24, 2.45) is 5.92 Å². The molecule has 0 aromatic rings. The average Bonchev–Trinajstić information content (AvgIpc) is 2.04. The third kappa shape index (κ3) is 3.32. The van der Waals surface area contributed by atoms with Crippen LogP contribution < -0.4 is 5.32 Å². The molecular weight excluding hydrogens is 170 g/mol. The van der Waals surface area contributed by atoms with Gasteiger partial charge in [-0.1, -0.05) is 0 Å². The molecule has 0 aromatic carbocycles. The van der Waals surface area contributed by atoms with Gasteiger partial charge >= 0.3 is 0 Å². The van der Waals surface area contributed by atoms with Crippen LogP contribution in [0.2, 0.25) is 0 Å². The van der Waals surface area contributed by atoms with Gasteiger partial charge in [-0.2, -0.15) is 0 Å². The summed E-state index contributed by atoms with van der Waals surface area (Å²) < 4.78 is 10.4. The maximum absolute atomic E-state index is 11.4. The Bertz CT molecular complexity index is 174. The topological polar surface area (TPSA) is 47.6 Å². The van der Waals surface area contributed by atoms with Crippen molar-refractivity contribution >= 4 is 5.91 Å². The lowest BCUT2D eigenvalue weighted by molar-refractivity contribution is -0.192. The first kappa shape index (κ1) is 10.5. The van der Waals surface area contributed by atoms with E-state index in [-0.39, 0.29) is 24.2 Å². The van der Waals surface area contributed by atoms with Crippen molar-refractivity contribution in [3.8, 4) is 0 Å². The van der Waals surface area contributed by atoms with Crippen LogP contribution in [0.25, 0.3) is 0 Å². The van der Waals surface area contributed by atoms with Crippen molar-refractivity contribution in [1.82, 2.24) is 5.32 Å². The molecule has 0 aliphatic carbocycles. The van der Waals surface area contributed by atoms with Crippen LogP contribution in [0.1, 0.15) is 20.8 Å². The molecular formula is C9H17NO3. The largest absolute Gasteiger partial charge is 0.354 e. The Morgan fingerprint density at radius 3 is 2.38 bits per heavy atom. The van der Waals surface area contributed by atoms with Gasteiger partial charge in [0.05, 0.1) is 19.1 Å². The van der Waals surface area contributed by atoms with Crippen molar-refractivity contribution < 1.29 is 14.3 Å². The van der Waals surface area contributed by atoms with E-state index in [4.69, 9.17) is 9.47 Å². The third-order valence-electron chi connectivity index (χ3n) is 1.87. The number of amides is 1. The molecule has 1 aliphatic rings. The predicted octanol–water partition coefficient (Wildman–Crippen LogP) is 0.520. The van der Waals surface area contributed by atoms with E-state index in [9.17, 15) is 4.79 Å². The van der Waals surface area contributed by atoms with E-state index in [1.54, 1.807) is 0 Å². The van der Waals surface area contributed by atoms with E-state index >= 15 is 0 Å². The fourth-order valence-corrected chi connectivity index (χ4v) is 1.15. The van der Waals surface area contributed by atoms with Gasteiger partial charge in [0, 0.05) is 6.04 Å². The molecule has 0 bridgehead atoms. The summed E-state index contributed by atoms with van der Waals surface area (Å²) in [5.41, 5.74) is 0. The first-order valence-electron chi connectivity index (χ1n) is 4.63. The Hall–Kier alpha value is -0.610. The molecule has 76 valence electrons. The van der Waals surface area contributed by atoms with Crippen LogP contribution in [0.5, 0.6) is 0 Å². The van der Waals surface area contributed by atoms with Crippen LogP contribution in [0.3, 0.4) is 0 Å². The zero-order valence-corrected chi connectivity index (χ0v) is 8.37.